The van der Waals surface area contributed by atoms with Crippen LogP contribution in [0.25, 0.3) is 0 Å². The number of halogens is 3. The van der Waals surface area contributed by atoms with E-state index in [1.54, 1.807) is 16.8 Å². The standard InChI is InChI=1S/C17H14BrClFN3O2/c1-9-16(19)10(2)23(22-9)8-12-4-6-15(25-12)17(24)21-14-5-3-11(18)7-13(14)20/h3-7H,8H2,1-2H3,(H,21,24). The molecule has 0 radical (unpaired) electrons. The molecule has 25 heavy (non-hydrogen) atoms. The highest BCUT2D eigenvalue weighted by atomic mass is 79.9. The topological polar surface area (TPSA) is 60.1 Å². The number of furan rings is 1. The van der Waals surface area contributed by atoms with Crippen LogP contribution >= 0.6 is 27.5 Å². The summed E-state index contributed by atoms with van der Waals surface area (Å²) in [5.74, 6) is -0.431. The number of nitrogens with zero attached hydrogens (tertiary/aromatic N) is 2. The van der Waals surface area contributed by atoms with Gasteiger partial charge < -0.3 is 9.73 Å². The van der Waals surface area contributed by atoms with E-state index in [0.29, 0.717) is 21.8 Å². The van der Waals surface area contributed by atoms with Crippen LogP contribution in [0.2, 0.25) is 5.02 Å². The predicted octanol–water partition coefficient (Wildman–Crippen LogP) is 4.95. The number of aromatic nitrogens is 2. The summed E-state index contributed by atoms with van der Waals surface area (Å²) in [6, 6.07) is 7.60. The first-order valence-corrected chi connectivity index (χ1v) is 8.57. The van der Waals surface area contributed by atoms with Crippen molar-refractivity contribution >= 4 is 39.1 Å². The molecule has 0 atom stereocenters. The van der Waals surface area contributed by atoms with Gasteiger partial charge in [-0.1, -0.05) is 27.5 Å². The number of hydrogen-bond acceptors (Lipinski definition) is 3. The first-order chi connectivity index (χ1) is 11.8. The Kier molecular flexibility index (Phi) is 4.96. The van der Waals surface area contributed by atoms with Crippen LogP contribution in [0.5, 0.6) is 0 Å². The number of benzene rings is 1. The molecule has 0 aliphatic rings. The molecule has 130 valence electrons. The van der Waals surface area contributed by atoms with Gasteiger partial charge in [0, 0.05) is 4.47 Å². The molecule has 0 aliphatic carbocycles. The molecular weight excluding hydrogens is 413 g/mol. The van der Waals surface area contributed by atoms with Gasteiger partial charge in [-0.15, -0.1) is 0 Å². The second-order valence-electron chi connectivity index (χ2n) is 5.49. The molecule has 3 rings (SSSR count). The van der Waals surface area contributed by atoms with Gasteiger partial charge in [-0.05, 0) is 44.2 Å². The molecule has 0 aliphatic heterocycles. The van der Waals surface area contributed by atoms with E-state index in [4.69, 9.17) is 16.0 Å². The van der Waals surface area contributed by atoms with Crippen molar-refractivity contribution < 1.29 is 13.6 Å². The predicted molar refractivity (Wildman–Crippen MR) is 96.6 cm³/mol. The summed E-state index contributed by atoms with van der Waals surface area (Å²) in [5, 5.41) is 7.41. The molecule has 0 unspecified atom stereocenters. The quantitative estimate of drug-likeness (QED) is 0.642. The Bertz CT molecular complexity index is 952. The maximum absolute atomic E-state index is 13.8. The highest BCUT2D eigenvalue weighted by molar-refractivity contribution is 9.10. The van der Waals surface area contributed by atoms with E-state index in [1.165, 1.54) is 18.2 Å². The van der Waals surface area contributed by atoms with Crippen LogP contribution in [0.3, 0.4) is 0 Å². The zero-order valence-corrected chi connectivity index (χ0v) is 15.8. The van der Waals surface area contributed by atoms with Crippen LogP contribution in [-0.4, -0.2) is 15.7 Å². The lowest BCUT2D eigenvalue weighted by molar-refractivity contribution is 0.0994. The molecule has 2 aromatic heterocycles. The summed E-state index contributed by atoms with van der Waals surface area (Å²) < 4.78 is 21.6. The normalized spacial score (nSPS) is 10.9. The summed E-state index contributed by atoms with van der Waals surface area (Å²) in [5.41, 5.74) is 1.63. The van der Waals surface area contributed by atoms with E-state index >= 15 is 0 Å². The zero-order chi connectivity index (χ0) is 18.1. The van der Waals surface area contributed by atoms with Gasteiger partial charge in [-0.2, -0.15) is 5.10 Å². The van der Waals surface area contributed by atoms with Crippen molar-refractivity contribution in [3.63, 3.8) is 0 Å². The Hall–Kier alpha value is -2.12. The Morgan fingerprint density at radius 3 is 2.76 bits per heavy atom. The number of carbonyl (C=O) groups excluding carboxylic acids is 1. The minimum Gasteiger partial charge on any atom is -0.454 e. The van der Waals surface area contributed by atoms with Crippen molar-refractivity contribution in [2.45, 2.75) is 20.4 Å². The third-order valence-corrected chi connectivity index (χ3v) is 4.70. The van der Waals surface area contributed by atoms with Gasteiger partial charge in [0.05, 0.1) is 28.6 Å². The third-order valence-electron chi connectivity index (χ3n) is 3.66. The van der Waals surface area contributed by atoms with Crippen LogP contribution in [0.15, 0.2) is 39.2 Å². The van der Waals surface area contributed by atoms with Crippen molar-refractivity contribution in [2.75, 3.05) is 5.32 Å². The van der Waals surface area contributed by atoms with Crippen LogP contribution in [0.4, 0.5) is 10.1 Å². The van der Waals surface area contributed by atoms with Crippen LogP contribution in [0, 0.1) is 19.7 Å². The fourth-order valence-electron chi connectivity index (χ4n) is 2.34. The molecule has 8 heteroatoms. The molecule has 0 saturated carbocycles. The van der Waals surface area contributed by atoms with Gasteiger partial charge in [0.15, 0.2) is 5.76 Å². The van der Waals surface area contributed by atoms with Crippen molar-refractivity contribution in [1.29, 1.82) is 0 Å². The maximum atomic E-state index is 13.8. The number of hydrogen-bond donors (Lipinski definition) is 1. The maximum Gasteiger partial charge on any atom is 0.291 e. The number of rotatable bonds is 4. The van der Waals surface area contributed by atoms with Crippen molar-refractivity contribution in [3.05, 3.63) is 68.6 Å². The summed E-state index contributed by atoms with van der Waals surface area (Å²) in [4.78, 5) is 12.2. The molecule has 0 fully saturated rings. The molecule has 1 N–H and O–H groups in total. The SMILES string of the molecule is Cc1nn(Cc2ccc(C(=O)Nc3ccc(Br)cc3F)o2)c(C)c1Cl. The molecular formula is C17H14BrClFN3O2. The molecule has 0 saturated heterocycles. The Labute approximate surface area is 156 Å². The van der Waals surface area contributed by atoms with Gasteiger partial charge in [-0.25, -0.2) is 4.39 Å². The van der Waals surface area contributed by atoms with E-state index in [1.807, 2.05) is 13.8 Å². The van der Waals surface area contributed by atoms with Crippen LogP contribution < -0.4 is 5.32 Å². The molecule has 0 spiro atoms. The van der Waals surface area contributed by atoms with Gasteiger partial charge in [0.2, 0.25) is 0 Å². The Balaban J connectivity index is 1.74. The van der Waals surface area contributed by atoms with Gasteiger partial charge in [-0.3, -0.25) is 9.48 Å². The first kappa shape index (κ1) is 17.7. The number of anilines is 1. The summed E-state index contributed by atoms with van der Waals surface area (Å²) in [6.07, 6.45) is 0. The number of nitrogens with one attached hydrogen (secondary N) is 1. The second-order valence-corrected chi connectivity index (χ2v) is 6.78. The lowest BCUT2D eigenvalue weighted by Gasteiger charge is -2.05. The Morgan fingerprint density at radius 1 is 1.36 bits per heavy atom. The van der Waals surface area contributed by atoms with Gasteiger partial charge in [0.25, 0.3) is 5.91 Å². The average Bonchev–Trinajstić information content (AvgIpc) is 3.12. The Morgan fingerprint density at radius 2 is 2.12 bits per heavy atom. The zero-order valence-electron chi connectivity index (χ0n) is 13.4. The number of aryl methyl sites for hydroxylation is 1. The number of carbonyl (C=O) groups is 1. The highest BCUT2D eigenvalue weighted by Gasteiger charge is 2.15. The van der Waals surface area contributed by atoms with Crippen molar-refractivity contribution in [1.82, 2.24) is 9.78 Å². The van der Waals surface area contributed by atoms with Crippen molar-refractivity contribution in [3.8, 4) is 0 Å². The molecule has 1 aromatic carbocycles. The second kappa shape index (κ2) is 7.01. The van der Waals surface area contributed by atoms with E-state index < -0.39 is 11.7 Å². The van der Waals surface area contributed by atoms with Crippen molar-refractivity contribution in [2.24, 2.45) is 0 Å². The molecule has 1 amide bonds. The summed E-state index contributed by atoms with van der Waals surface area (Å²) in [6.45, 7) is 4.02. The monoisotopic (exact) mass is 425 g/mol. The third kappa shape index (κ3) is 3.77. The molecule has 2 heterocycles. The smallest absolute Gasteiger partial charge is 0.291 e. The van der Waals surface area contributed by atoms with Crippen LogP contribution in [-0.2, 0) is 6.54 Å². The fraction of sp³-hybridized carbons (Fsp3) is 0.176. The lowest BCUT2D eigenvalue weighted by atomic mass is 10.3. The van der Waals surface area contributed by atoms with E-state index in [2.05, 4.69) is 26.3 Å². The van der Waals surface area contributed by atoms with Crippen LogP contribution in [0.1, 0.15) is 27.7 Å². The van der Waals surface area contributed by atoms with E-state index in [9.17, 15) is 9.18 Å². The average molecular weight is 427 g/mol. The lowest BCUT2D eigenvalue weighted by Crippen LogP contribution is -2.12. The minimum atomic E-state index is -0.535. The largest absolute Gasteiger partial charge is 0.454 e. The molecule has 3 aromatic rings. The highest BCUT2D eigenvalue weighted by Crippen LogP contribution is 2.22. The molecule has 5 nitrogen and oxygen atoms in total. The number of amides is 1. The fourth-order valence-corrected chi connectivity index (χ4v) is 2.80. The molecule has 0 bridgehead atoms. The van der Waals surface area contributed by atoms with Gasteiger partial charge >= 0.3 is 0 Å². The summed E-state index contributed by atoms with van der Waals surface area (Å²) >= 11 is 9.29. The minimum absolute atomic E-state index is 0.0801. The van der Waals surface area contributed by atoms with Gasteiger partial charge in [0.1, 0.15) is 11.6 Å². The summed E-state index contributed by atoms with van der Waals surface area (Å²) in [7, 11) is 0. The van der Waals surface area contributed by atoms with E-state index in [-0.39, 0.29) is 11.4 Å². The van der Waals surface area contributed by atoms with E-state index in [0.717, 1.165) is 11.4 Å². The first-order valence-electron chi connectivity index (χ1n) is 7.40.